The molecule has 4 aromatic rings. The zero-order valence-electron chi connectivity index (χ0n) is 17.6. The van der Waals surface area contributed by atoms with Gasteiger partial charge in [-0.1, -0.05) is 60.2 Å². The van der Waals surface area contributed by atoms with E-state index >= 15 is 0 Å². The van der Waals surface area contributed by atoms with Gasteiger partial charge in [0, 0.05) is 11.5 Å². The molecule has 2 N–H and O–H groups in total. The van der Waals surface area contributed by atoms with Gasteiger partial charge in [0.15, 0.2) is 10.9 Å². The first-order valence-electron chi connectivity index (χ1n) is 10.8. The topological polar surface area (TPSA) is 79.3 Å². The first-order valence-corrected chi connectivity index (χ1v) is 11.6. The number of fused-ring (bicyclic) bond motifs is 1. The normalized spacial score (nSPS) is 17.8. The Kier molecular flexibility index (Phi) is 5.64. The fourth-order valence-electron chi connectivity index (χ4n) is 4.45. The first kappa shape index (κ1) is 21.3. The SMILES string of the molecule is O=C(O)[C@@H]1CCC[C@H]1C(=O)c1ccc(-c2ccc(Nc3nc4ccccc4s3)c(F)c2)cc1. The molecule has 5 nitrogen and oxygen atoms in total. The highest BCUT2D eigenvalue weighted by Gasteiger charge is 2.37. The molecule has 0 radical (unpaired) electrons. The number of anilines is 2. The quantitative estimate of drug-likeness (QED) is 0.320. The van der Waals surface area contributed by atoms with Crippen LogP contribution in [0.1, 0.15) is 29.6 Å². The first-order chi connectivity index (χ1) is 16.0. The van der Waals surface area contributed by atoms with E-state index in [0.29, 0.717) is 34.8 Å². The van der Waals surface area contributed by atoms with Crippen LogP contribution in [-0.4, -0.2) is 21.8 Å². The van der Waals surface area contributed by atoms with Gasteiger partial charge >= 0.3 is 5.97 Å². The number of rotatable bonds is 6. The highest BCUT2D eigenvalue weighted by Crippen LogP contribution is 2.35. The molecule has 3 aromatic carbocycles. The number of para-hydroxylation sites is 1. The van der Waals surface area contributed by atoms with Crippen LogP contribution in [0.4, 0.5) is 15.2 Å². The Balaban J connectivity index is 1.33. The Morgan fingerprint density at radius 1 is 0.970 bits per heavy atom. The molecule has 5 rings (SSSR count). The summed E-state index contributed by atoms with van der Waals surface area (Å²) in [6.07, 6.45) is 1.90. The second-order valence-corrected chi connectivity index (χ2v) is 9.26. The number of aromatic nitrogens is 1. The summed E-state index contributed by atoms with van der Waals surface area (Å²) in [5.41, 5.74) is 3.16. The molecule has 33 heavy (non-hydrogen) atoms. The average Bonchev–Trinajstić information content (AvgIpc) is 3.47. The molecule has 1 saturated carbocycles. The smallest absolute Gasteiger partial charge is 0.307 e. The van der Waals surface area contributed by atoms with E-state index in [1.54, 1.807) is 30.3 Å². The lowest BCUT2D eigenvalue weighted by atomic mass is 9.88. The fraction of sp³-hybridized carbons (Fsp3) is 0.192. The highest BCUT2D eigenvalue weighted by molar-refractivity contribution is 7.22. The van der Waals surface area contributed by atoms with Crippen LogP contribution in [0.15, 0.2) is 66.7 Å². The number of nitrogens with one attached hydrogen (secondary N) is 1. The van der Waals surface area contributed by atoms with Gasteiger partial charge in [0.1, 0.15) is 5.82 Å². The number of carboxylic acid groups (broad SMARTS) is 1. The number of hydrogen-bond acceptors (Lipinski definition) is 5. The largest absolute Gasteiger partial charge is 0.481 e. The maximum atomic E-state index is 14.8. The Labute approximate surface area is 193 Å². The minimum atomic E-state index is -0.905. The number of benzene rings is 3. The molecule has 1 heterocycles. The van der Waals surface area contributed by atoms with Gasteiger partial charge in [0.05, 0.1) is 21.8 Å². The van der Waals surface area contributed by atoms with E-state index in [0.717, 1.165) is 22.2 Å². The van der Waals surface area contributed by atoms with Crippen LogP contribution in [-0.2, 0) is 4.79 Å². The summed E-state index contributed by atoms with van der Waals surface area (Å²) in [4.78, 5) is 28.7. The summed E-state index contributed by atoms with van der Waals surface area (Å²) in [5, 5.41) is 13.0. The van der Waals surface area contributed by atoms with Crippen molar-refractivity contribution in [1.82, 2.24) is 4.98 Å². The molecule has 166 valence electrons. The van der Waals surface area contributed by atoms with Crippen LogP contribution in [0, 0.1) is 17.7 Å². The van der Waals surface area contributed by atoms with Gasteiger partial charge in [-0.05, 0) is 48.2 Å². The van der Waals surface area contributed by atoms with E-state index in [4.69, 9.17) is 0 Å². The predicted molar refractivity (Wildman–Crippen MR) is 128 cm³/mol. The van der Waals surface area contributed by atoms with Crippen molar-refractivity contribution in [3.63, 3.8) is 0 Å². The summed E-state index contributed by atoms with van der Waals surface area (Å²) in [7, 11) is 0. The number of carboxylic acids is 1. The third-order valence-electron chi connectivity index (χ3n) is 6.18. The minimum absolute atomic E-state index is 0.131. The molecule has 0 bridgehead atoms. The third-order valence-corrected chi connectivity index (χ3v) is 7.13. The molecule has 1 aromatic heterocycles. The van der Waals surface area contributed by atoms with E-state index < -0.39 is 23.6 Å². The maximum Gasteiger partial charge on any atom is 0.307 e. The number of carbonyl (C=O) groups excluding carboxylic acids is 1. The maximum absolute atomic E-state index is 14.8. The van der Waals surface area contributed by atoms with E-state index in [2.05, 4.69) is 10.3 Å². The molecular formula is C26H21FN2O3S. The van der Waals surface area contributed by atoms with Crippen molar-refractivity contribution >= 4 is 44.1 Å². The monoisotopic (exact) mass is 460 g/mol. The summed E-state index contributed by atoms with van der Waals surface area (Å²) >= 11 is 1.46. The third kappa shape index (κ3) is 4.24. The molecule has 0 saturated heterocycles. The lowest BCUT2D eigenvalue weighted by Gasteiger charge is -2.15. The number of Topliss-reactive ketones (excluding diaryl/α,β-unsaturated/α-hetero) is 1. The van der Waals surface area contributed by atoms with Gasteiger partial charge in [0.2, 0.25) is 0 Å². The molecule has 2 atom stereocenters. The molecule has 0 aliphatic heterocycles. The van der Waals surface area contributed by atoms with Crippen molar-refractivity contribution in [2.45, 2.75) is 19.3 Å². The lowest BCUT2D eigenvalue weighted by Crippen LogP contribution is -2.25. The molecule has 1 fully saturated rings. The van der Waals surface area contributed by atoms with Gasteiger partial charge < -0.3 is 10.4 Å². The average molecular weight is 461 g/mol. The molecule has 0 amide bonds. The molecule has 7 heteroatoms. The Hall–Kier alpha value is -3.58. The van der Waals surface area contributed by atoms with Crippen molar-refractivity contribution in [2.75, 3.05) is 5.32 Å². The number of thiazole rings is 1. The standard InChI is InChI=1S/C26H21FN2O3S/c27-20-14-17(12-13-21(20)28-26-29-22-6-1-2-7-23(22)33-26)15-8-10-16(11-9-15)24(30)18-4-3-5-19(18)25(31)32/h1-2,6-14,18-19H,3-5H2,(H,28,29)(H,31,32)/t18-,19-/m1/s1. The van der Waals surface area contributed by atoms with Crippen molar-refractivity contribution in [3.05, 3.63) is 78.1 Å². The van der Waals surface area contributed by atoms with E-state index in [1.165, 1.54) is 17.4 Å². The van der Waals surface area contributed by atoms with E-state index in [9.17, 15) is 19.1 Å². The van der Waals surface area contributed by atoms with Gasteiger partial charge in [-0.3, -0.25) is 9.59 Å². The summed E-state index contributed by atoms with van der Waals surface area (Å²) in [5.74, 6) is -2.52. The van der Waals surface area contributed by atoms with E-state index in [1.807, 2.05) is 30.3 Å². The van der Waals surface area contributed by atoms with Crippen LogP contribution in [0.3, 0.4) is 0 Å². The molecular weight excluding hydrogens is 439 g/mol. The van der Waals surface area contributed by atoms with Crippen molar-refractivity contribution in [1.29, 1.82) is 0 Å². The van der Waals surface area contributed by atoms with Crippen LogP contribution < -0.4 is 5.32 Å². The van der Waals surface area contributed by atoms with Crippen LogP contribution >= 0.6 is 11.3 Å². The van der Waals surface area contributed by atoms with Crippen molar-refractivity contribution in [3.8, 4) is 11.1 Å². The van der Waals surface area contributed by atoms with Crippen LogP contribution in [0.25, 0.3) is 21.3 Å². The Morgan fingerprint density at radius 3 is 2.42 bits per heavy atom. The fourth-order valence-corrected chi connectivity index (χ4v) is 5.33. The molecule has 0 unspecified atom stereocenters. The number of nitrogens with zero attached hydrogens (tertiary/aromatic N) is 1. The second-order valence-electron chi connectivity index (χ2n) is 8.23. The van der Waals surface area contributed by atoms with Crippen LogP contribution in [0.5, 0.6) is 0 Å². The zero-order chi connectivity index (χ0) is 22.9. The Morgan fingerprint density at radius 2 is 1.70 bits per heavy atom. The number of carbonyl (C=O) groups is 2. The van der Waals surface area contributed by atoms with Gasteiger partial charge in [0.25, 0.3) is 0 Å². The Bertz CT molecular complexity index is 1320. The van der Waals surface area contributed by atoms with E-state index in [-0.39, 0.29) is 5.78 Å². The van der Waals surface area contributed by atoms with Crippen LogP contribution in [0.2, 0.25) is 0 Å². The minimum Gasteiger partial charge on any atom is -0.481 e. The lowest BCUT2D eigenvalue weighted by molar-refractivity contribution is -0.142. The molecule has 1 aliphatic rings. The summed E-state index contributed by atoms with van der Waals surface area (Å²) < 4.78 is 15.8. The molecule has 0 spiro atoms. The highest BCUT2D eigenvalue weighted by atomic mass is 32.1. The van der Waals surface area contributed by atoms with Gasteiger partial charge in [-0.15, -0.1) is 0 Å². The summed E-state index contributed by atoms with van der Waals surface area (Å²) in [6.45, 7) is 0. The summed E-state index contributed by atoms with van der Waals surface area (Å²) in [6, 6.07) is 19.6. The number of hydrogen-bond donors (Lipinski definition) is 2. The van der Waals surface area contributed by atoms with Crippen molar-refractivity contribution in [2.24, 2.45) is 11.8 Å². The zero-order valence-corrected chi connectivity index (χ0v) is 18.4. The van der Waals surface area contributed by atoms with Crippen molar-refractivity contribution < 1.29 is 19.1 Å². The number of ketones is 1. The predicted octanol–water partition coefficient (Wildman–Crippen LogP) is 6.53. The molecule has 1 aliphatic carbocycles. The number of aliphatic carboxylic acids is 1. The van der Waals surface area contributed by atoms with Gasteiger partial charge in [-0.2, -0.15) is 0 Å². The number of halogens is 1. The second kappa shape index (κ2) is 8.75. The van der Waals surface area contributed by atoms with Gasteiger partial charge in [-0.25, -0.2) is 9.37 Å².